The van der Waals surface area contributed by atoms with Crippen LogP contribution < -0.4 is 10.9 Å². The van der Waals surface area contributed by atoms with Crippen molar-refractivity contribution in [2.45, 2.75) is 45.7 Å². The number of nitrogens with zero attached hydrogens (tertiary/aromatic N) is 3. The molecule has 21 heavy (non-hydrogen) atoms. The minimum Gasteiger partial charge on any atom is -0.379 e. The van der Waals surface area contributed by atoms with E-state index in [9.17, 15) is 4.79 Å². The van der Waals surface area contributed by atoms with Gasteiger partial charge < -0.3 is 10.2 Å². The standard InChI is InChI=1S/C15H25ClN4O/c1-11(2)19(3)8-4-7-17-14-13(16)9-18-20(15(14)21)10-12-5-6-12/h9,11-12,17H,4-8,10H2,1-3H3. The highest BCUT2D eigenvalue weighted by Crippen LogP contribution is 2.30. The average Bonchev–Trinajstić information content (AvgIpc) is 3.24. The molecule has 1 fully saturated rings. The molecule has 5 nitrogen and oxygen atoms in total. The molecule has 0 radical (unpaired) electrons. The van der Waals surface area contributed by atoms with Gasteiger partial charge in [0.05, 0.1) is 11.2 Å². The van der Waals surface area contributed by atoms with Gasteiger partial charge in [-0.2, -0.15) is 5.10 Å². The number of anilines is 1. The summed E-state index contributed by atoms with van der Waals surface area (Å²) >= 11 is 6.10. The van der Waals surface area contributed by atoms with Crippen LogP contribution in [0.25, 0.3) is 0 Å². The second-order valence-corrected chi connectivity index (χ2v) is 6.56. The van der Waals surface area contributed by atoms with E-state index >= 15 is 0 Å². The first kappa shape index (κ1) is 16.3. The Morgan fingerprint density at radius 2 is 2.24 bits per heavy atom. The van der Waals surface area contributed by atoms with Gasteiger partial charge in [0.15, 0.2) is 0 Å². The number of rotatable bonds is 8. The third-order valence-electron chi connectivity index (χ3n) is 4.00. The zero-order valence-corrected chi connectivity index (χ0v) is 13.9. The lowest BCUT2D eigenvalue weighted by Crippen LogP contribution is -2.30. The molecule has 118 valence electrons. The molecule has 2 rings (SSSR count). The number of hydrogen-bond donors (Lipinski definition) is 1. The van der Waals surface area contributed by atoms with Crippen molar-refractivity contribution in [3.05, 3.63) is 21.6 Å². The molecule has 6 heteroatoms. The molecule has 0 atom stereocenters. The minimum atomic E-state index is -0.105. The zero-order valence-electron chi connectivity index (χ0n) is 13.1. The Balaban J connectivity index is 1.91. The summed E-state index contributed by atoms with van der Waals surface area (Å²) in [6.07, 6.45) is 4.92. The molecule has 0 saturated heterocycles. The minimum absolute atomic E-state index is 0.105. The van der Waals surface area contributed by atoms with Crippen molar-refractivity contribution in [2.24, 2.45) is 5.92 Å². The van der Waals surface area contributed by atoms with Gasteiger partial charge in [-0.3, -0.25) is 4.79 Å². The van der Waals surface area contributed by atoms with Gasteiger partial charge in [-0.25, -0.2) is 4.68 Å². The van der Waals surface area contributed by atoms with Crippen LogP contribution in [0.1, 0.15) is 33.1 Å². The van der Waals surface area contributed by atoms with E-state index in [0.717, 1.165) is 19.5 Å². The average molecular weight is 313 g/mol. The second-order valence-electron chi connectivity index (χ2n) is 6.15. The van der Waals surface area contributed by atoms with Crippen molar-refractivity contribution in [3.63, 3.8) is 0 Å². The van der Waals surface area contributed by atoms with Crippen LogP contribution in [0.5, 0.6) is 0 Å². The maximum atomic E-state index is 12.3. The Hall–Kier alpha value is -1.07. The third-order valence-corrected chi connectivity index (χ3v) is 4.28. The van der Waals surface area contributed by atoms with Crippen LogP contribution in [-0.2, 0) is 6.54 Å². The van der Waals surface area contributed by atoms with Crippen molar-refractivity contribution < 1.29 is 0 Å². The van der Waals surface area contributed by atoms with E-state index in [1.807, 2.05) is 0 Å². The van der Waals surface area contributed by atoms with Gasteiger partial charge >= 0.3 is 0 Å². The summed E-state index contributed by atoms with van der Waals surface area (Å²) in [4.78, 5) is 14.6. The molecule has 0 amide bonds. The van der Waals surface area contributed by atoms with Crippen LogP contribution in [0, 0.1) is 5.92 Å². The predicted octanol–water partition coefficient (Wildman–Crippen LogP) is 2.45. The predicted molar refractivity (Wildman–Crippen MR) is 87.1 cm³/mol. The molecular formula is C15H25ClN4O. The number of aromatic nitrogens is 2. The van der Waals surface area contributed by atoms with Crippen LogP contribution in [0.2, 0.25) is 5.02 Å². The van der Waals surface area contributed by atoms with Gasteiger partial charge in [0.1, 0.15) is 5.69 Å². The summed E-state index contributed by atoms with van der Waals surface area (Å²) in [6, 6.07) is 0.533. The van der Waals surface area contributed by atoms with Crippen LogP contribution in [0.15, 0.2) is 11.0 Å². The monoisotopic (exact) mass is 312 g/mol. The SMILES string of the molecule is CC(C)N(C)CCCNc1c(Cl)cnn(CC2CC2)c1=O. The van der Waals surface area contributed by atoms with Crippen molar-refractivity contribution in [1.82, 2.24) is 14.7 Å². The highest BCUT2D eigenvalue weighted by Gasteiger charge is 2.23. The summed E-state index contributed by atoms with van der Waals surface area (Å²) in [5, 5.41) is 7.71. The fraction of sp³-hybridized carbons (Fsp3) is 0.733. The van der Waals surface area contributed by atoms with E-state index in [1.165, 1.54) is 17.5 Å². The Kier molecular flexibility index (Phi) is 5.65. The molecule has 0 bridgehead atoms. The quantitative estimate of drug-likeness (QED) is 0.749. The fourth-order valence-corrected chi connectivity index (χ4v) is 2.30. The van der Waals surface area contributed by atoms with Gasteiger partial charge in [0.25, 0.3) is 5.56 Å². The van der Waals surface area contributed by atoms with Crippen molar-refractivity contribution in [3.8, 4) is 0 Å². The molecule has 1 aliphatic carbocycles. The van der Waals surface area contributed by atoms with E-state index in [0.29, 0.717) is 29.2 Å². The van der Waals surface area contributed by atoms with E-state index < -0.39 is 0 Å². The summed E-state index contributed by atoms with van der Waals surface area (Å²) in [5.41, 5.74) is 0.381. The lowest BCUT2D eigenvalue weighted by Gasteiger charge is -2.20. The molecule has 0 unspecified atom stereocenters. The Morgan fingerprint density at radius 3 is 2.86 bits per heavy atom. The zero-order chi connectivity index (χ0) is 15.4. The fourth-order valence-electron chi connectivity index (χ4n) is 2.10. The summed E-state index contributed by atoms with van der Waals surface area (Å²) in [6.45, 7) is 6.78. The van der Waals surface area contributed by atoms with E-state index in [-0.39, 0.29) is 5.56 Å². The van der Waals surface area contributed by atoms with Gasteiger partial charge in [0, 0.05) is 19.1 Å². The largest absolute Gasteiger partial charge is 0.379 e. The van der Waals surface area contributed by atoms with Crippen molar-refractivity contribution in [1.29, 1.82) is 0 Å². The van der Waals surface area contributed by atoms with Crippen LogP contribution in [-0.4, -0.2) is 40.9 Å². The van der Waals surface area contributed by atoms with E-state index in [4.69, 9.17) is 11.6 Å². The first-order chi connectivity index (χ1) is 9.99. The molecule has 1 N–H and O–H groups in total. The topological polar surface area (TPSA) is 50.2 Å². The number of hydrogen-bond acceptors (Lipinski definition) is 4. The van der Waals surface area contributed by atoms with Gasteiger partial charge in [-0.05, 0) is 52.6 Å². The van der Waals surface area contributed by atoms with Crippen LogP contribution in [0.4, 0.5) is 5.69 Å². The molecule has 1 heterocycles. The second kappa shape index (κ2) is 7.27. The molecule has 0 aromatic carbocycles. The highest BCUT2D eigenvalue weighted by atomic mass is 35.5. The summed E-state index contributed by atoms with van der Waals surface area (Å²) < 4.78 is 1.53. The van der Waals surface area contributed by atoms with Gasteiger partial charge in [-0.15, -0.1) is 0 Å². The third kappa shape index (κ3) is 4.71. The molecule has 1 aromatic heterocycles. The van der Waals surface area contributed by atoms with Gasteiger partial charge in [0.2, 0.25) is 0 Å². The Morgan fingerprint density at radius 1 is 1.52 bits per heavy atom. The van der Waals surface area contributed by atoms with E-state index in [2.05, 4.69) is 36.2 Å². The van der Waals surface area contributed by atoms with Crippen molar-refractivity contribution >= 4 is 17.3 Å². The van der Waals surface area contributed by atoms with Crippen molar-refractivity contribution in [2.75, 3.05) is 25.5 Å². The normalized spacial score (nSPS) is 15.0. The molecule has 1 aromatic rings. The first-order valence-corrected chi connectivity index (χ1v) is 8.06. The van der Waals surface area contributed by atoms with E-state index in [1.54, 1.807) is 6.20 Å². The van der Waals surface area contributed by atoms with Crippen LogP contribution >= 0.6 is 11.6 Å². The first-order valence-electron chi connectivity index (χ1n) is 7.68. The highest BCUT2D eigenvalue weighted by molar-refractivity contribution is 6.32. The molecular weight excluding hydrogens is 288 g/mol. The molecule has 0 aliphatic heterocycles. The molecule has 0 spiro atoms. The lowest BCUT2D eigenvalue weighted by molar-refractivity contribution is 0.273. The Labute approximate surface area is 131 Å². The smallest absolute Gasteiger partial charge is 0.291 e. The Bertz CT molecular complexity index is 525. The number of nitrogens with one attached hydrogen (secondary N) is 1. The molecule has 1 aliphatic rings. The maximum absolute atomic E-state index is 12.3. The number of halogens is 1. The summed E-state index contributed by atoms with van der Waals surface area (Å²) in [5.74, 6) is 0.615. The lowest BCUT2D eigenvalue weighted by atomic mass is 10.3. The molecule has 1 saturated carbocycles. The van der Waals surface area contributed by atoms with Gasteiger partial charge in [-0.1, -0.05) is 11.6 Å². The van der Waals surface area contributed by atoms with Crippen LogP contribution in [0.3, 0.4) is 0 Å². The summed E-state index contributed by atoms with van der Waals surface area (Å²) in [7, 11) is 2.10. The maximum Gasteiger partial charge on any atom is 0.291 e.